The second-order valence-electron chi connectivity index (χ2n) is 25.1. The molecule has 0 bridgehead atoms. The minimum atomic E-state index is -0.758. The first kappa shape index (κ1) is 41.8. The fourth-order valence-corrected chi connectivity index (χ4v) is 14.9. The van der Waals surface area contributed by atoms with E-state index >= 15 is 0 Å². The monoisotopic (exact) mass is 1230 g/mol. The number of fused-ring (bicyclic) bond motifs is 10. The molecule has 0 unspecified atom stereocenters. The smallest absolute Gasteiger partial charge is 0.252 e. The van der Waals surface area contributed by atoms with Gasteiger partial charge in [0.15, 0.2) is 0 Å². The highest BCUT2D eigenvalue weighted by molar-refractivity contribution is 7.00. The molecule has 450 valence electrons. The normalized spacial score (nSPS) is 14.9. The van der Waals surface area contributed by atoms with Gasteiger partial charge in [-0.15, -0.1) is 0 Å². The molecule has 0 radical (unpaired) electrons. The van der Waals surface area contributed by atoms with Crippen molar-refractivity contribution in [3.63, 3.8) is 0 Å². The maximum atomic E-state index is 9.82. The van der Waals surface area contributed by atoms with Crippen LogP contribution in [0, 0.1) is 0 Å². The van der Waals surface area contributed by atoms with Crippen LogP contribution in [0.25, 0.3) is 111 Å². The molecular weight excluding hydrogens is 1150 g/mol. The van der Waals surface area contributed by atoms with E-state index in [2.05, 4.69) is 153 Å². The number of hydrogen-bond acceptors (Lipinski definition) is 2. The molecule has 4 nitrogen and oxygen atoms in total. The van der Waals surface area contributed by atoms with Crippen molar-refractivity contribution in [2.75, 3.05) is 9.80 Å². The first-order chi connectivity index (χ1) is 53.5. The van der Waals surface area contributed by atoms with Gasteiger partial charge in [0.05, 0.1) is 55.4 Å². The lowest BCUT2D eigenvalue weighted by Gasteiger charge is -2.46. The van der Waals surface area contributed by atoms with Crippen molar-refractivity contribution in [2.45, 2.75) is 39.5 Å². The predicted molar refractivity (Wildman–Crippen MR) is 405 cm³/mol. The van der Waals surface area contributed by atoms with E-state index in [-0.39, 0.29) is 55.4 Å². The summed E-state index contributed by atoms with van der Waals surface area (Å²) >= 11 is 0. The Labute approximate surface area is 578 Å². The fourth-order valence-electron chi connectivity index (χ4n) is 14.9. The zero-order valence-electron chi connectivity index (χ0n) is 68.4. The van der Waals surface area contributed by atoms with Gasteiger partial charge in [0.25, 0.3) is 6.71 Å². The fraction of sp³-hybridized carbons (Fsp3) is 0.0667. The van der Waals surface area contributed by atoms with Gasteiger partial charge in [-0.1, -0.05) is 288 Å². The van der Waals surface area contributed by atoms with Crippen molar-refractivity contribution < 1.29 is 21.9 Å². The lowest BCUT2D eigenvalue weighted by molar-refractivity contribution is 0.835. The van der Waals surface area contributed by atoms with Gasteiger partial charge >= 0.3 is 0 Å². The zero-order valence-corrected chi connectivity index (χ0v) is 52.4. The predicted octanol–water partition coefficient (Wildman–Crippen LogP) is 22.5. The van der Waals surface area contributed by atoms with Crippen molar-refractivity contribution >= 4 is 101 Å². The van der Waals surface area contributed by atoms with Gasteiger partial charge in [-0.05, 0) is 133 Å². The lowest BCUT2D eigenvalue weighted by atomic mass is 9.33. The molecule has 0 atom stereocenters. The van der Waals surface area contributed by atoms with Crippen LogP contribution in [0.2, 0.25) is 0 Å². The molecule has 0 fully saturated rings. The molecule has 0 saturated carbocycles. The van der Waals surface area contributed by atoms with E-state index in [0.717, 1.165) is 106 Å². The van der Waals surface area contributed by atoms with Crippen molar-refractivity contribution in [3.05, 3.63) is 332 Å². The van der Waals surface area contributed by atoms with Crippen LogP contribution in [-0.2, 0) is 0 Å². The van der Waals surface area contributed by atoms with Crippen LogP contribution in [0.15, 0.2) is 321 Å². The van der Waals surface area contributed by atoms with Crippen LogP contribution in [0.1, 0.15) is 72.6 Å². The summed E-state index contributed by atoms with van der Waals surface area (Å²) in [4.78, 5) is 4.63. The van der Waals surface area contributed by atoms with Gasteiger partial charge in [0.1, 0.15) is 0 Å². The summed E-state index contributed by atoms with van der Waals surface area (Å²) in [6.45, 7) is 8.01. The molecule has 2 aliphatic rings. The average molecular weight is 1230 g/mol. The third-order valence-electron chi connectivity index (χ3n) is 19.2. The van der Waals surface area contributed by atoms with Gasteiger partial charge in [-0.25, -0.2) is 0 Å². The Morgan fingerprint density at radius 2 is 0.663 bits per heavy atom. The van der Waals surface area contributed by atoms with Crippen molar-refractivity contribution in [1.82, 2.24) is 9.13 Å². The molecule has 95 heavy (non-hydrogen) atoms. The molecule has 4 heterocycles. The Morgan fingerprint density at radius 3 is 1.01 bits per heavy atom. The summed E-state index contributed by atoms with van der Waals surface area (Å²) in [5.74, 6) is 0.167. The van der Waals surface area contributed by atoms with Crippen molar-refractivity contribution in [3.8, 4) is 67.0 Å². The van der Waals surface area contributed by atoms with E-state index in [9.17, 15) is 16.4 Å². The second-order valence-corrected chi connectivity index (χ2v) is 25.1. The number of anilines is 6. The first-order valence-corrected chi connectivity index (χ1v) is 32.2. The number of nitrogens with zero attached hydrogens (tertiary/aromatic N) is 4. The van der Waals surface area contributed by atoms with E-state index in [1.807, 2.05) is 109 Å². The molecule has 5 heteroatoms. The van der Waals surface area contributed by atoms with E-state index in [4.69, 9.17) is 5.48 Å². The van der Waals surface area contributed by atoms with Crippen LogP contribution < -0.4 is 26.2 Å². The van der Waals surface area contributed by atoms with Gasteiger partial charge in [-0.3, -0.25) is 0 Å². The maximum absolute atomic E-state index is 9.82. The van der Waals surface area contributed by atoms with Crippen LogP contribution in [0.5, 0.6) is 0 Å². The van der Waals surface area contributed by atoms with Crippen LogP contribution in [-0.4, -0.2) is 15.8 Å². The molecule has 2 aromatic heterocycles. The lowest BCUT2D eigenvalue weighted by Crippen LogP contribution is -2.61. The summed E-state index contributed by atoms with van der Waals surface area (Å²) < 4.78 is 154. The second kappa shape index (κ2) is 22.6. The summed E-state index contributed by atoms with van der Waals surface area (Å²) in [5, 5.41) is -0.279. The highest BCUT2D eigenvalue weighted by atomic mass is 15.2. The van der Waals surface area contributed by atoms with Crippen LogP contribution in [0.4, 0.5) is 34.1 Å². The molecule has 0 aliphatic carbocycles. The van der Waals surface area contributed by atoms with Gasteiger partial charge in [0.2, 0.25) is 0 Å². The van der Waals surface area contributed by atoms with Gasteiger partial charge in [0, 0.05) is 77.9 Å². The van der Waals surface area contributed by atoms with E-state index < -0.39 is 103 Å². The minimum Gasteiger partial charge on any atom is -0.310 e. The number of aromatic nitrogens is 2. The zero-order chi connectivity index (χ0) is 77.3. The Kier molecular flexibility index (Phi) is 9.92. The summed E-state index contributed by atoms with van der Waals surface area (Å²) in [6.07, 6.45) is 0. The molecule has 18 rings (SSSR count). The standard InChI is InChI=1S/C90H67BN4/c1-58(2)64-47-50-68(77(53-64)59(3)4)65-54-86-88-87(55-65)95(90-71(62-31-13-7-14-32-62)41-26-42-72(90)63-33-15-8-16-34-63)85-57-67(93-82-45-23-19-37-75(82)76-38-20-24-46-83(76)93)49-52-79(85)91(88)78-51-48-66(92-80-43-21-17-35-73(80)74-36-18-22-44-81(74)92)56-84(78)94(86)89-69(60-27-9-5-10-28-60)39-25-40-70(89)61-29-11-6-12-30-61/h5-59H,1-4H3/i17D,18D,19D,20D,21D,22D,23D,24D,35D,36D,37D,38D,43D,44D,45D,46D. The largest absolute Gasteiger partial charge is 0.310 e. The molecular formula is C90H67BN4. The Morgan fingerprint density at radius 1 is 0.305 bits per heavy atom. The van der Waals surface area contributed by atoms with Crippen molar-refractivity contribution in [1.29, 1.82) is 0 Å². The maximum Gasteiger partial charge on any atom is 0.252 e. The number of benzene rings is 14. The highest BCUT2D eigenvalue weighted by Gasteiger charge is 2.46. The minimum absolute atomic E-state index is 0.00635. The molecule has 0 spiro atoms. The topological polar surface area (TPSA) is 16.3 Å². The van der Waals surface area contributed by atoms with E-state index in [1.165, 1.54) is 0 Å². The molecule has 2 aliphatic heterocycles. The average Bonchev–Trinajstić information content (AvgIpc) is 1.16. The van der Waals surface area contributed by atoms with Gasteiger partial charge < -0.3 is 18.9 Å². The summed E-state index contributed by atoms with van der Waals surface area (Å²) in [6, 6.07) is 68.1. The van der Waals surface area contributed by atoms with Crippen LogP contribution in [0.3, 0.4) is 0 Å². The molecule has 0 N–H and O–H groups in total. The highest BCUT2D eigenvalue weighted by Crippen LogP contribution is 2.55. The molecule has 0 amide bonds. The first-order valence-electron chi connectivity index (χ1n) is 40.2. The van der Waals surface area contributed by atoms with Crippen LogP contribution >= 0.6 is 0 Å². The molecule has 0 saturated heterocycles. The van der Waals surface area contributed by atoms with Crippen molar-refractivity contribution in [2.24, 2.45) is 0 Å². The van der Waals surface area contributed by atoms with E-state index in [1.54, 1.807) is 9.13 Å². The third-order valence-corrected chi connectivity index (χ3v) is 19.2. The molecule has 14 aromatic carbocycles. The van der Waals surface area contributed by atoms with E-state index in [0.29, 0.717) is 22.7 Å². The third kappa shape index (κ3) is 8.98. The summed E-state index contributed by atoms with van der Waals surface area (Å²) in [5.41, 5.74) is 17.9. The Hall–Kier alpha value is -11.7. The van der Waals surface area contributed by atoms with Gasteiger partial charge in [-0.2, -0.15) is 0 Å². The quantitative estimate of drug-likeness (QED) is 0.120. The Bertz CT molecular complexity index is 6050. The SMILES string of the molecule is [2H]c1c([2H])c([2H])c2c(c1[2H])c1c([2H])c([2H])c([2H])c([2H])c1n2-c1ccc2c(c1)N(c1c(-c3ccccc3)cccc1-c1ccccc1)c1cc(-c3ccc(C(C)C)cc3C(C)C)cc3c1B2c1ccc(-n2c4c([2H])c([2H])c([2H])c([2H])c4c4c([2H])c([2H])c([2H])c([2H])c42)cc1N3c1c(-c2ccccc2)cccc1-c1ccccc1. The number of hydrogen-bond donors (Lipinski definition) is 0. The molecule has 16 aromatic rings. The number of para-hydroxylation sites is 6. The Balaban J connectivity index is 1.07. The number of rotatable bonds is 11. The summed E-state index contributed by atoms with van der Waals surface area (Å²) in [7, 11) is 0.